The van der Waals surface area contributed by atoms with E-state index in [9.17, 15) is 26.0 Å². The lowest BCUT2D eigenvalue weighted by Gasteiger charge is -2.13. The van der Waals surface area contributed by atoms with Gasteiger partial charge in [0.1, 0.15) is 10.7 Å². The maximum Gasteiger partial charge on any atom is 0.419 e. The number of rotatable bonds is 3. The van der Waals surface area contributed by atoms with E-state index in [0.29, 0.717) is 17.5 Å². The second-order valence-electron chi connectivity index (χ2n) is 5.13. The van der Waals surface area contributed by atoms with Crippen LogP contribution in [0.5, 0.6) is 0 Å². The van der Waals surface area contributed by atoms with Crippen molar-refractivity contribution < 1.29 is 26.0 Å². The second-order valence-corrected chi connectivity index (χ2v) is 6.78. The van der Waals surface area contributed by atoms with Gasteiger partial charge in [0.25, 0.3) is 10.0 Å². The van der Waals surface area contributed by atoms with Crippen LogP contribution < -0.4 is 4.72 Å². The molecule has 25 heavy (non-hydrogen) atoms. The minimum atomic E-state index is -4.94. The number of hydrogen-bond acceptors (Lipinski definition) is 3. The van der Waals surface area contributed by atoms with Gasteiger partial charge in [-0.2, -0.15) is 13.2 Å². The molecule has 0 fully saturated rings. The molecule has 3 aromatic rings. The second kappa shape index (κ2) is 5.99. The quantitative estimate of drug-likeness (QED) is 0.703. The lowest BCUT2D eigenvalue weighted by molar-refractivity contribution is -0.139. The van der Waals surface area contributed by atoms with Gasteiger partial charge in [0, 0.05) is 17.3 Å². The van der Waals surface area contributed by atoms with E-state index >= 15 is 0 Å². The van der Waals surface area contributed by atoms with E-state index in [1.54, 1.807) is 18.2 Å². The van der Waals surface area contributed by atoms with Crippen LogP contribution in [0.2, 0.25) is 0 Å². The summed E-state index contributed by atoms with van der Waals surface area (Å²) in [6.07, 6.45) is -3.53. The summed E-state index contributed by atoms with van der Waals surface area (Å²) in [5.41, 5.74) is -1.78. The van der Waals surface area contributed by atoms with Crippen molar-refractivity contribution in [1.82, 2.24) is 4.98 Å². The number of anilines is 1. The summed E-state index contributed by atoms with van der Waals surface area (Å²) in [5.74, 6) is -1.48. The molecule has 3 rings (SSSR count). The Morgan fingerprint density at radius 2 is 1.72 bits per heavy atom. The zero-order chi connectivity index (χ0) is 18.2. The molecule has 0 bridgehead atoms. The molecular weight excluding hydrogens is 360 g/mol. The SMILES string of the molecule is O=S(=O)(Nc1ccc(F)c(C(F)(F)F)c1)c1cccc2cccnc12. The van der Waals surface area contributed by atoms with Gasteiger partial charge in [-0.1, -0.05) is 18.2 Å². The van der Waals surface area contributed by atoms with E-state index in [0.717, 1.165) is 6.07 Å². The van der Waals surface area contributed by atoms with Crippen molar-refractivity contribution in [2.24, 2.45) is 0 Å². The summed E-state index contributed by atoms with van der Waals surface area (Å²) < 4.78 is 78.7. The number of hydrogen-bond donors (Lipinski definition) is 1. The van der Waals surface area contributed by atoms with Crippen LogP contribution in [0.25, 0.3) is 10.9 Å². The molecular formula is C16H10F4N2O2S. The molecule has 1 aromatic heterocycles. The third-order valence-electron chi connectivity index (χ3n) is 3.41. The fourth-order valence-corrected chi connectivity index (χ4v) is 3.54. The van der Waals surface area contributed by atoms with Gasteiger partial charge in [-0.05, 0) is 30.3 Å². The van der Waals surface area contributed by atoms with Gasteiger partial charge in [-0.25, -0.2) is 12.8 Å². The number of sulfonamides is 1. The largest absolute Gasteiger partial charge is 0.419 e. The molecule has 0 aliphatic carbocycles. The van der Waals surface area contributed by atoms with Crippen molar-refractivity contribution in [3.8, 4) is 0 Å². The number of nitrogens with one attached hydrogen (secondary N) is 1. The molecule has 0 atom stereocenters. The van der Waals surface area contributed by atoms with Crippen LogP contribution in [0.4, 0.5) is 23.2 Å². The van der Waals surface area contributed by atoms with E-state index in [1.807, 2.05) is 4.72 Å². The normalized spacial score (nSPS) is 12.3. The number of para-hydroxylation sites is 1. The topological polar surface area (TPSA) is 59.1 Å². The van der Waals surface area contributed by atoms with Crippen molar-refractivity contribution in [2.45, 2.75) is 11.1 Å². The van der Waals surface area contributed by atoms with Gasteiger partial charge >= 0.3 is 6.18 Å². The van der Waals surface area contributed by atoms with Gasteiger partial charge in [0.05, 0.1) is 11.1 Å². The molecule has 4 nitrogen and oxygen atoms in total. The third-order valence-corrected chi connectivity index (χ3v) is 4.82. The molecule has 1 heterocycles. The first-order chi connectivity index (χ1) is 11.7. The van der Waals surface area contributed by atoms with Crippen molar-refractivity contribution >= 4 is 26.6 Å². The molecule has 9 heteroatoms. The Labute approximate surface area is 140 Å². The van der Waals surface area contributed by atoms with Crippen molar-refractivity contribution in [3.63, 3.8) is 0 Å². The standard InChI is InChI=1S/C16H10F4N2O2S/c17-13-7-6-11(9-12(13)16(18,19)20)22-25(23,24)14-5-1-3-10-4-2-8-21-15(10)14/h1-9,22H. The Balaban J connectivity index is 2.05. The number of alkyl halides is 3. The zero-order valence-electron chi connectivity index (χ0n) is 12.4. The summed E-state index contributed by atoms with van der Waals surface area (Å²) in [6, 6.07) is 9.59. The number of benzene rings is 2. The minimum absolute atomic E-state index is 0.177. The van der Waals surface area contributed by atoms with Crippen LogP contribution in [0, 0.1) is 5.82 Å². The monoisotopic (exact) mass is 370 g/mol. The highest BCUT2D eigenvalue weighted by atomic mass is 32.2. The number of fused-ring (bicyclic) bond motifs is 1. The van der Waals surface area contributed by atoms with Crippen LogP contribution in [-0.2, 0) is 16.2 Å². The van der Waals surface area contributed by atoms with Crippen LogP contribution in [-0.4, -0.2) is 13.4 Å². The molecule has 1 N–H and O–H groups in total. The summed E-state index contributed by atoms with van der Waals surface area (Å²) in [7, 11) is -4.22. The van der Waals surface area contributed by atoms with Gasteiger partial charge < -0.3 is 0 Å². The maximum atomic E-state index is 13.3. The molecule has 0 saturated carbocycles. The minimum Gasteiger partial charge on any atom is -0.280 e. The summed E-state index contributed by atoms with van der Waals surface area (Å²) in [6.45, 7) is 0. The Kier molecular flexibility index (Phi) is 4.11. The molecule has 0 spiro atoms. The first-order valence-corrected chi connectivity index (χ1v) is 8.40. The Hall–Kier alpha value is -2.68. The van der Waals surface area contributed by atoms with Gasteiger partial charge in [-0.15, -0.1) is 0 Å². The number of pyridine rings is 1. The summed E-state index contributed by atoms with van der Waals surface area (Å²) in [4.78, 5) is 3.81. The highest BCUT2D eigenvalue weighted by Crippen LogP contribution is 2.33. The van der Waals surface area contributed by atoms with Crippen molar-refractivity contribution in [2.75, 3.05) is 4.72 Å². The van der Waals surface area contributed by atoms with E-state index in [4.69, 9.17) is 0 Å². The fraction of sp³-hybridized carbons (Fsp3) is 0.0625. The maximum absolute atomic E-state index is 13.3. The van der Waals surface area contributed by atoms with E-state index < -0.39 is 33.3 Å². The molecule has 0 radical (unpaired) electrons. The van der Waals surface area contributed by atoms with Crippen molar-refractivity contribution in [3.05, 3.63) is 66.1 Å². The average Bonchev–Trinajstić information content (AvgIpc) is 2.55. The predicted octanol–water partition coefficient (Wildman–Crippen LogP) is 4.19. The van der Waals surface area contributed by atoms with Crippen molar-refractivity contribution in [1.29, 1.82) is 0 Å². The number of halogens is 4. The number of nitrogens with zero attached hydrogens (tertiary/aromatic N) is 1. The molecule has 0 aliphatic heterocycles. The van der Waals surface area contributed by atoms with Crippen LogP contribution >= 0.6 is 0 Å². The molecule has 0 aliphatic rings. The molecule has 0 amide bonds. The first-order valence-electron chi connectivity index (χ1n) is 6.92. The highest BCUT2D eigenvalue weighted by molar-refractivity contribution is 7.93. The third kappa shape index (κ3) is 3.41. The Bertz CT molecular complexity index is 1040. The van der Waals surface area contributed by atoms with Crippen LogP contribution in [0.3, 0.4) is 0 Å². The lowest BCUT2D eigenvalue weighted by atomic mass is 10.2. The predicted molar refractivity (Wildman–Crippen MR) is 84.0 cm³/mol. The van der Waals surface area contributed by atoms with E-state index in [1.165, 1.54) is 18.3 Å². The van der Waals surface area contributed by atoms with E-state index in [-0.39, 0.29) is 10.4 Å². The van der Waals surface area contributed by atoms with E-state index in [2.05, 4.69) is 4.98 Å². The fourth-order valence-electron chi connectivity index (χ4n) is 2.31. The lowest BCUT2D eigenvalue weighted by Crippen LogP contribution is -2.15. The average molecular weight is 370 g/mol. The summed E-state index contributed by atoms with van der Waals surface area (Å²) >= 11 is 0. The Morgan fingerprint density at radius 1 is 1.00 bits per heavy atom. The zero-order valence-corrected chi connectivity index (χ0v) is 13.2. The van der Waals surface area contributed by atoms with Gasteiger partial charge in [-0.3, -0.25) is 9.71 Å². The highest BCUT2D eigenvalue weighted by Gasteiger charge is 2.34. The first kappa shape index (κ1) is 17.2. The Morgan fingerprint density at radius 3 is 2.44 bits per heavy atom. The molecule has 2 aromatic carbocycles. The summed E-state index contributed by atoms with van der Waals surface area (Å²) in [5, 5.41) is 0.556. The van der Waals surface area contributed by atoms with Gasteiger partial charge in [0.15, 0.2) is 0 Å². The molecule has 0 saturated heterocycles. The molecule has 130 valence electrons. The van der Waals surface area contributed by atoms with Gasteiger partial charge in [0.2, 0.25) is 0 Å². The smallest absolute Gasteiger partial charge is 0.280 e. The van der Waals surface area contributed by atoms with Crippen LogP contribution in [0.1, 0.15) is 5.56 Å². The molecule has 0 unspecified atom stereocenters. The number of aromatic nitrogens is 1. The van der Waals surface area contributed by atoms with Crippen LogP contribution in [0.15, 0.2) is 59.6 Å².